The first-order chi connectivity index (χ1) is 12.9. The van der Waals surface area contributed by atoms with Crippen LogP contribution in [0, 0.1) is 24.0 Å². The molecule has 1 aliphatic heterocycles. The molecule has 10 nitrogen and oxygen atoms in total. The Hall–Kier alpha value is -2.75. The van der Waals surface area contributed by atoms with E-state index >= 15 is 0 Å². The second-order valence-electron chi connectivity index (χ2n) is 6.78. The molecule has 1 fully saturated rings. The van der Waals surface area contributed by atoms with Crippen molar-refractivity contribution in [1.82, 2.24) is 29.4 Å². The Morgan fingerprint density at radius 2 is 1.96 bits per heavy atom. The van der Waals surface area contributed by atoms with Crippen LogP contribution in [0.2, 0.25) is 0 Å². The molecule has 0 atom stereocenters. The zero-order chi connectivity index (χ0) is 19.6. The molecule has 0 N–H and O–H groups in total. The number of aryl methyl sites for hydroxylation is 2. The first-order valence-electron chi connectivity index (χ1n) is 9.09. The molecule has 3 rings (SSSR count). The molecule has 2 aromatic heterocycles. The molecule has 2 aromatic rings. The number of rotatable bonds is 6. The van der Waals surface area contributed by atoms with Crippen molar-refractivity contribution in [3.63, 3.8) is 0 Å². The predicted octanol–water partition coefficient (Wildman–Crippen LogP) is 0.969. The maximum absolute atomic E-state index is 12.5. The summed E-state index contributed by atoms with van der Waals surface area (Å²) in [4.78, 5) is 27.1. The molecule has 0 saturated carbocycles. The van der Waals surface area contributed by atoms with Crippen LogP contribution in [0.4, 0.5) is 5.69 Å². The molecule has 3 heterocycles. The van der Waals surface area contributed by atoms with Crippen molar-refractivity contribution in [1.29, 1.82) is 0 Å². The van der Waals surface area contributed by atoms with E-state index in [0.29, 0.717) is 18.8 Å². The minimum atomic E-state index is -0.481. The van der Waals surface area contributed by atoms with E-state index in [4.69, 9.17) is 0 Å². The van der Waals surface area contributed by atoms with E-state index in [0.717, 1.165) is 31.9 Å². The summed E-state index contributed by atoms with van der Waals surface area (Å²) in [6.07, 6.45) is 3.28. The summed E-state index contributed by atoms with van der Waals surface area (Å²) in [6, 6.07) is 0. The molecule has 1 aliphatic rings. The Kier molecular flexibility index (Phi) is 5.54. The Bertz CT molecular complexity index is 834. The van der Waals surface area contributed by atoms with Gasteiger partial charge in [-0.25, -0.2) is 0 Å². The number of nitrogens with zero attached hydrogens (tertiary/aromatic N) is 7. The number of carbonyl (C=O) groups excluding carboxylic acids is 1. The van der Waals surface area contributed by atoms with Crippen LogP contribution >= 0.6 is 0 Å². The van der Waals surface area contributed by atoms with Crippen molar-refractivity contribution in [3.8, 4) is 0 Å². The second kappa shape index (κ2) is 7.87. The van der Waals surface area contributed by atoms with Gasteiger partial charge >= 0.3 is 5.69 Å². The van der Waals surface area contributed by atoms with Gasteiger partial charge < -0.3 is 4.90 Å². The van der Waals surface area contributed by atoms with Gasteiger partial charge in [0.1, 0.15) is 18.4 Å². The molecule has 0 bridgehead atoms. The van der Waals surface area contributed by atoms with Crippen molar-refractivity contribution in [2.45, 2.75) is 40.4 Å². The normalized spacial score (nSPS) is 15.3. The minimum absolute atomic E-state index is 0.0298. The monoisotopic (exact) mass is 375 g/mol. The Morgan fingerprint density at radius 1 is 1.26 bits per heavy atom. The smallest absolute Gasteiger partial charge is 0.309 e. The highest BCUT2D eigenvalue weighted by Gasteiger charge is 2.24. The van der Waals surface area contributed by atoms with Crippen molar-refractivity contribution in [3.05, 3.63) is 39.5 Å². The van der Waals surface area contributed by atoms with Crippen molar-refractivity contribution >= 4 is 11.6 Å². The van der Waals surface area contributed by atoms with Crippen LogP contribution < -0.4 is 0 Å². The fourth-order valence-corrected chi connectivity index (χ4v) is 3.28. The Balaban J connectivity index is 1.53. The number of nitro groups is 1. The van der Waals surface area contributed by atoms with Gasteiger partial charge in [0, 0.05) is 51.0 Å². The molecule has 0 aromatic carbocycles. The fraction of sp³-hybridized carbons (Fsp3) is 0.588. The van der Waals surface area contributed by atoms with E-state index in [1.165, 1.54) is 16.4 Å². The lowest BCUT2D eigenvalue weighted by molar-refractivity contribution is -0.385. The zero-order valence-electron chi connectivity index (χ0n) is 16.0. The molecule has 0 unspecified atom stereocenters. The van der Waals surface area contributed by atoms with Crippen LogP contribution in [0.25, 0.3) is 0 Å². The molecule has 10 heteroatoms. The maximum atomic E-state index is 12.5. The number of piperazine rings is 1. The summed E-state index contributed by atoms with van der Waals surface area (Å²) < 4.78 is 3.34. The largest absolute Gasteiger partial charge is 0.339 e. The van der Waals surface area contributed by atoms with E-state index in [-0.39, 0.29) is 18.1 Å². The lowest BCUT2D eigenvalue weighted by Crippen LogP contribution is -2.49. The highest BCUT2D eigenvalue weighted by molar-refractivity contribution is 5.76. The van der Waals surface area contributed by atoms with Gasteiger partial charge in [-0.05, 0) is 20.8 Å². The predicted molar refractivity (Wildman–Crippen MR) is 98.1 cm³/mol. The highest BCUT2D eigenvalue weighted by Crippen LogP contribution is 2.17. The zero-order valence-corrected chi connectivity index (χ0v) is 16.0. The molecular formula is C17H25N7O3. The quantitative estimate of drug-likeness (QED) is 0.551. The first-order valence-corrected chi connectivity index (χ1v) is 9.09. The van der Waals surface area contributed by atoms with Crippen LogP contribution in [-0.4, -0.2) is 66.4 Å². The standard InChI is InChI=1S/C17H25N7O3/c1-4-22-11-15(13(2)19-22)10-20-5-7-21(8-6-20)17(25)12-23-14(3)16(9-18-23)24(26)27/h9,11H,4-8,10,12H2,1-3H3. The van der Waals surface area contributed by atoms with Gasteiger partial charge in [0.25, 0.3) is 0 Å². The summed E-state index contributed by atoms with van der Waals surface area (Å²) in [5.41, 5.74) is 2.60. The topological polar surface area (TPSA) is 102 Å². The maximum Gasteiger partial charge on any atom is 0.309 e. The molecule has 1 amide bonds. The molecule has 0 spiro atoms. The summed E-state index contributed by atoms with van der Waals surface area (Å²) in [7, 11) is 0. The number of aromatic nitrogens is 4. The van der Waals surface area contributed by atoms with E-state index in [2.05, 4.69) is 28.2 Å². The van der Waals surface area contributed by atoms with Gasteiger partial charge in [-0.2, -0.15) is 10.2 Å². The lowest BCUT2D eigenvalue weighted by atomic mass is 10.2. The van der Waals surface area contributed by atoms with Crippen LogP contribution in [0.5, 0.6) is 0 Å². The Labute approximate surface area is 157 Å². The van der Waals surface area contributed by atoms with E-state index in [1.54, 1.807) is 11.8 Å². The lowest BCUT2D eigenvalue weighted by Gasteiger charge is -2.34. The molecule has 0 radical (unpaired) electrons. The molecule has 0 aliphatic carbocycles. The van der Waals surface area contributed by atoms with E-state index in [1.807, 2.05) is 11.6 Å². The van der Waals surface area contributed by atoms with Crippen LogP contribution in [-0.2, 0) is 24.4 Å². The van der Waals surface area contributed by atoms with E-state index in [9.17, 15) is 14.9 Å². The third-order valence-electron chi connectivity index (χ3n) is 5.05. The summed E-state index contributed by atoms with van der Waals surface area (Å²) in [5, 5.41) is 19.3. The number of hydrogen-bond acceptors (Lipinski definition) is 6. The molecule has 1 saturated heterocycles. The van der Waals surface area contributed by atoms with E-state index < -0.39 is 4.92 Å². The first kappa shape index (κ1) is 19.0. The van der Waals surface area contributed by atoms with Crippen LogP contribution in [0.1, 0.15) is 23.9 Å². The SMILES string of the molecule is CCn1cc(CN2CCN(C(=O)Cn3ncc([N+](=O)[O-])c3C)CC2)c(C)n1. The van der Waals surface area contributed by atoms with Gasteiger partial charge in [0.2, 0.25) is 5.91 Å². The van der Waals surface area contributed by atoms with Gasteiger partial charge in [-0.1, -0.05) is 0 Å². The van der Waals surface area contributed by atoms with Gasteiger partial charge in [-0.3, -0.25) is 29.2 Å². The highest BCUT2D eigenvalue weighted by atomic mass is 16.6. The van der Waals surface area contributed by atoms with Crippen LogP contribution in [0.15, 0.2) is 12.4 Å². The average molecular weight is 375 g/mol. The third kappa shape index (κ3) is 4.16. The summed E-state index contributed by atoms with van der Waals surface area (Å²) in [6.45, 7) is 10.3. The summed E-state index contributed by atoms with van der Waals surface area (Å²) in [5.74, 6) is -0.0641. The number of carbonyl (C=O) groups is 1. The number of amides is 1. The number of hydrogen-bond donors (Lipinski definition) is 0. The van der Waals surface area contributed by atoms with Crippen LogP contribution in [0.3, 0.4) is 0 Å². The van der Waals surface area contributed by atoms with Crippen molar-refractivity contribution < 1.29 is 9.72 Å². The van der Waals surface area contributed by atoms with Gasteiger partial charge in [0.05, 0.1) is 10.6 Å². The fourth-order valence-electron chi connectivity index (χ4n) is 3.28. The molecule has 146 valence electrons. The summed E-state index contributed by atoms with van der Waals surface area (Å²) >= 11 is 0. The van der Waals surface area contributed by atoms with Gasteiger partial charge in [0.15, 0.2) is 0 Å². The molecule has 27 heavy (non-hydrogen) atoms. The van der Waals surface area contributed by atoms with Crippen molar-refractivity contribution in [2.75, 3.05) is 26.2 Å². The van der Waals surface area contributed by atoms with Gasteiger partial charge in [-0.15, -0.1) is 0 Å². The Morgan fingerprint density at radius 3 is 2.52 bits per heavy atom. The minimum Gasteiger partial charge on any atom is -0.339 e. The second-order valence-corrected chi connectivity index (χ2v) is 6.78. The third-order valence-corrected chi connectivity index (χ3v) is 5.05. The van der Waals surface area contributed by atoms with Crippen molar-refractivity contribution in [2.24, 2.45) is 0 Å². The molecular weight excluding hydrogens is 350 g/mol. The average Bonchev–Trinajstić information content (AvgIpc) is 3.18.